The number of benzene rings is 2. The molecule has 2 aromatic rings. The summed E-state index contributed by atoms with van der Waals surface area (Å²) in [6.45, 7) is 0. The lowest BCUT2D eigenvalue weighted by Gasteiger charge is -2.36. The summed E-state index contributed by atoms with van der Waals surface area (Å²) in [5.41, 5.74) is -5.58. The van der Waals surface area contributed by atoms with Crippen LogP contribution in [0.25, 0.3) is 0 Å². The maximum absolute atomic E-state index is 15.3. The maximum Gasteiger partial charge on any atom is 0.421 e. The second-order valence-corrected chi connectivity index (χ2v) is 5.66. The molecule has 0 heterocycles. The van der Waals surface area contributed by atoms with Crippen LogP contribution >= 0.6 is 23.2 Å². The number of aliphatic hydroxyl groups is 1. The van der Waals surface area contributed by atoms with E-state index >= 15 is 4.39 Å². The first kappa shape index (κ1) is 18.0. The zero-order chi connectivity index (χ0) is 17.5. The summed E-state index contributed by atoms with van der Waals surface area (Å²) >= 11 is 11.2. The van der Waals surface area contributed by atoms with Gasteiger partial charge < -0.3 is 5.11 Å². The van der Waals surface area contributed by atoms with Crippen molar-refractivity contribution in [2.75, 3.05) is 0 Å². The van der Waals surface area contributed by atoms with Crippen LogP contribution in [0.5, 0.6) is 0 Å². The van der Waals surface area contributed by atoms with Crippen LogP contribution in [-0.4, -0.2) is 17.1 Å². The van der Waals surface area contributed by atoms with Gasteiger partial charge in [0.2, 0.25) is 5.67 Å². The molecule has 0 unspecified atom stereocenters. The van der Waals surface area contributed by atoms with E-state index in [9.17, 15) is 17.6 Å². The molecule has 2 rings (SSSR count). The van der Waals surface area contributed by atoms with Crippen LogP contribution < -0.4 is 0 Å². The van der Waals surface area contributed by atoms with Crippen molar-refractivity contribution >= 4 is 23.2 Å². The third kappa shape index (κ3) is 3.03. The minimum Gasteiger partial charge on any atom is -0.331 e. The summed E-state index contributed by atoms with van der Waals surface area (Å²) in [6, 6.07) is 7.68. The Balaban J connectivity index is 2.73. The van der Waals surface area contributed by atoms with Crippen molar-refractivity contribution < 1.29 is 27.1 Å². The smallest absolute Gasteiger partial charge is 0.331 e. The third-order valence-corrected chi connectivity index (χ3v) is 3.80. The van der Waals surface area contributed by atoms with Gasteiger partial charge in [-0.25, -0.2) is 4.39 Å². The monoisotopic (exact) mass is 370 g/mol. The standard InChI is InChI=1S/C15H9Cl2F5O/c16-11-5-1-9(2-6-11)13(18,14(19,20)15(21,22)23)10-3-7-12(17)8-4-10/h1-8,23H. The molecule has 0 fully saturated rings. The van der Waals surface area contributed by atoms with E-state index in [0.717, 1.165) is 48.5 Å². The van der Waals surface area contributed by atoms with Crippen LogP contribution in [-0.2, 0) is 5.67 Å². The Morgan fingerprint density at radius 1 is 0.652 bits per heavy atom. The molecular weight excluding hydrogens is 362 g/mol. The van der Waals surface area contributed by atoms with Crippen LogP contribution in [0.1, 0.15) is 11.1 Å². The molecule has 0 aliphatic heterocycles. The molecule has 0 bridgehead atoms. The predicted molar refractivity (Wildman–Crippen MR) is 76.9 cm³/mol. The van der Waals surface area contributed by atoms with Crippen LogP contribution in [0.15, 0.2) is 48.5 Å². The first-order valence-corrected chi connectivity index (χ1v) is 6.95. The molecule has 23 heavy (non-hydrogen) atoms. The SMILES string of the molecule is OC(F)(F)C(F)(F)C(F)(c1ccc(Cl)cc1)c1ccc(Cl)cc1. The van der Waals surface area contributed by atoms with Gasteiger partial charge in [0.1, 0.15) is 0 Å². The number of alkyl halides is 5. The molecule has 0 radical (unpaired) electrons. The number of hydrogen-bond acceptors (Lipinski definition) is 1. The second kappa shape index (κ2) is 5.92. The van der Waals surface area contributed by atoms with E-state index in [1.54, 1.807) is 0 Å². The van der Waals surface area contributed by atoms with Gasteiger partial charge in [-0.1, -0.05) is 47.5 Å². The average molecular weight is 371 g/mol. The van der Waals surface area contributed by atoms with E-state index < -0.39 is 28.8 Å². The van der Waals surface area contributed by atoms with Crippen molar-refractivity contribution in [1.82, 2.24) is 0 Å². The second-order valence-electron chi connectivity index (χ2n) is 4.79. The summed E-state index contributed by atoms with van der Waals surface area (Å²) in [6.07, 6.45) is -5.60. The quantitative estimate of drug-likeness (QED) is 0.711. The van der Waals surface area contributed by atoms with Gasteiger partial charge in [0.25, 0.3) is 0 Å². The van der Waals surface area contributed by atoms with Crippen molar-refractivity contribution in [3.05, 3.63) is 69.7 Å². The molecule has 0 aliphatic rings. The van der Waals surface area contributed by atoms with Crippen molar-refractivity contribution in [2.45, 2.75) is 17.7 Å². The number of rotatable bonds is 4. The Hall–Kier alpha value is -1.37. The van der Waals surface area contributed by atoms with E-state index in [1.165, 1.54) is 0 Å². The highest BCUT2D eigenvalue weighted by Gasteiger charge is 2.71. The normalized spacial score (nSPS) is 13.2. The lowest BCUT2D eigenvalue weighted by Crippen LogP contribution is -2.55. The van der Waals surface area contributed by atoms with E-state index in [4.69, 9.17) is 28.3 Å². The van der Waals surface area contributed by atoms with Crippen molar-refractivity contribution in [3.63, 3.8) is 0 Å². The highest BCUT2D eigenvalue weighted by Crippen LogP contribution is 2.53. The summed E-state index contributed by atoms with van der Waals surface area (Å²) in [5, 5.41) is 8.74. The third-order valence-electron chi connectivity index (χ3n) is 3.29. The molecule has 1 N–H and O–H groups in total. The molecule has 8 heteroatoms. The topological polar surface area (TPSA) is 20.2 Å². The van der Waals surface area contributed by atoms with E-state index in [0.29, 0.717) is 0 Å². The van der Waals surface area contributed by atoms with E-state index in [1.807, 2.05) is 0 Å². The Labute approximate surface area is 138 Å². The zero-order valence-corrected chi connectivity index (χ0v) is 12.7. The minimum absolute atomic E-state index is 0.103. The summed E-state index contributed by atoms with van der Waals surface area (Å²) in [7, 11) is 0. The van der Waals surface area contributed by atoms with E-state index in [-0.39, 0.29) is 10.0 Å². The van der Waals surface area contributed by atoms with Gasteiger partial charge in [-0.2, -0.15) is 17.6 Å². The number of halogens is 7. The lowest BCUT2D eigenvalue weighted by molar-refractivity contribution is -0.358. The predicted octanol–water partition coefficient (Wildman–Crippen LogP) is 5.43. The van der Waals surface area contributed by atoms with Crippen LogP contribution in [0.2, 0.25) is 10.0 Å². The largest absolute Gasteiger partial charge is 0.421 e. The summed E-state index contributed by atoms with van der Waals surface area (Å²) in [4.78, 5) is 0. The first-order valence-electron chi connectivity index (χ1n) is 6.19. The van der Waals surface area contributed by atoms with Crippen molar-refractivity contribution in [1.29, 1.82) is 0 Å². The molecule has 2 aromatic carbocycles. The molecule has 0 saturated heterocycles. The molecule has 0 aromatic heterocycles. The molecule has 0 amide bonds. The van der Waals surface area contributed by atoms with Gasteiger partial charge in [-0.05, 0) is 24.3 Å². The fourth-order valence-corrected chi connectivity index (χ4v) is 2.35. The fourth-order valence-electron chi connectivity index (χ4n) is 2.10. The van der Waals surface area contributed by atoms with Crippen LogP contribution in [0.4, 0.5) is 22.0 Å². The highest BCUT2D eigenvalue weighted by atomic mass is 35.5. The Morgan fingerprint density at radius 3 is 1.22 bits per heavy atom. The lowest BCUT2D eigenvalue weighted by atomic mass is 9.82. The average Bonchev–Trinajstić information content (AvgIpc) is 2.46. The number of hydrogen-bond donors (Lipinski definition) is 1. The van der Waals surface area contributed by atoms with Gasteiger partial charge in [-0.15, -0.1) is 0 Å². The molecular formula is C15H9Cl2F5O. The van der Waals surface area contributed by atoms with Gasteiger partial charge in [0.05, 0.1) is 0 Å². The van der Waals surface area contributed by atoms with Crippen molar-refractivity contribution in [3.8, 4) is 0 Å². The molecule has 1 nitrogen and oxygen atoms in total. The van der Waals surface area contributed by atoms with Gasteiger partial charge in [0, 0.05) is 21.2 Å². The molecule has 0 atom stereocenters. The first-order chi connectivity index (χ1) is 10.5. The van der Waals surface area contributed by atoms with Gasteiger partial charge in [0.15, 0.2) is 0 Å². The summed E-state index contributed by atoms with van der Waals surface area (Å²) < 4.78 is 69.6. The van der Waals surface area contributed by atoms with Gasteiger partial charge >= 0.3 is 12.0 Å². The van der Waals surface area contributed by atoms with Gasteiger partial charge in [-0.3, -0.25) is 0 Å². The van der Waals surface area contributed by atoms with Crippen LogP contribution in [0.3, 0.4) is 0 Å². The Morgan fingerprint density at radius 2 is 0.957 bits per heavy atom. The van der Waals surface area contributed by atoms with E-state index in [2.05, 4.69) is 0 Å². The van der Waals surface area contributed by atoms with Crippen LogP contribution in [0, 0.1) is 0 Å². The summed E-state index contributed by atoms with van der Waals surface area (Å²) in [5.74, 6) is -5.44. The van der Waals surface area contributed by atoms with Crippen molar-refractivity contribution in [2.24, 2.45) is 0 Å². The molecule has 0 spiro atoms. The zero-order valence-electron chi connectivity index (χ0n) is 11.2. The Kier molecular flexibility index (Phi) is 4.63. The highest BCUT2D eigenvalue weighted by molar-refractivity contribution is 6.30. The Bertz CT molecular complexity index is 635. The molecule has 124 valence electrons. The molecule has 0 saturated carbocycles. The molecule has 0 aliphatic carbocycles. The maximum atomic E-state index is 15.3. The fraction of sp³-hybridized carbons (Fsp3) is 0.200. The minimum atomic E-state index is -5.60.